The highest BCUT2D eigenvalue weighted by atomic mass is 16.5. The van der Waals surface area contributed by atoms with Crippen molar-refractivity contribution >= 4 is 22.5 Å². The molecule has 0 fully saturated rings. The molecule has 132 valence electrons. The summed E-state index contributed by atoms with van der Waals surface area (Å²) in [6.07, 6.45) is 0.630. The van der Waals surface area contributed by atoms with Crippen molar-refractivity contribution in [3.05, 3.63) is 83.9 Å². The molecule has 0 aliphatic rings. The maximum Gasteiger partial charge on any atom is 0.309 e. The number of benzene rings is 3. The minimum Gasteiger partial charge on any atom is -0.466 e. The summed E-state index contributed by atoms with van der Waals surface area (Å²) in [5, 5.41) is 2.23. The Morgan fingerprint density at radius 1 is 0.885 bits per heavy atom. The number of Topliss-reactive ketones (excluding diaryl/α,β-unsaturated/α-hetero) is 1. The molecule has 0 N–H and O–H groups in total. The average Bonchev–Trinajstić information content (AvgIpc) is 2.68. The Morgan fingerprint density at radius 3 is 2.35 bits per heavy atom. The van der Waals surface area contributed by atoms with Gasteiger partial charge in [0.2, 0.25) is 0 Å². The van der Waals surface area contributed by atoms with Crippen molar-refractivity contribution in [3.63, 3.8) is 0 Å². The minimum absolute atomic E-state index is 0.0381. The van der Waals surface area contributed by atoms with E-state index in [9.17, 15) is 9.59 Å². The number of esters is 1. The van der Waals surface area contributed by atoms with Gasteiger partial charge in [0.05, 0.1) is 12.5 Å². The van der Waals surface area contributed by atoms with Gasteiger partial charge in [0.15, 0.2) is 5.78 Å². The second-order valence-corrected chi connectivity index (χ2v) is 6.28. The van der Waals surface area contributed by atoms with Crippen LogP contribution in [0.2, 0.25) is 0 Å². The van der Waals surface area contributed by atoms with Crippen LogP contribution < -0.4 is 0 Å². The van der Waals surface area contributed by atoms with Gasteiger partial charge in [0.1, 0.15) is 0 Å². The summed E-state index contributed by atoms with van der Waals surface area (Å²) in [4.78, 5) is 25.1. The molecule has 3 heteroatoms. The summed E-state index contributed by atoms with van der Waals surface area (Å²) in [5.74, 6) is -0.845. The molecule has 1 atom stereocenters. The number of carbonyl (C=O) groups is 2. The third kappa shape index (κ3) is 4.17. The molecule has 0 saturated heterocycles. The number of carbonyl (C=O) groups excluding carboxylic acids is 2. The number of fused-ring (bicyclic) bond motifs is 1. The van der Waals surface area contributed by atoms with Gasteiger partial charge < -0.3 is 4.74 Å². The topological polar surface area (TPSA) is 43.4 Å². The summed E-state index contributed by atoms with van der Waals surface area (Å²) >= 11 is 0. The molecule has 0 radical (unpaired) electrons. The first-order valence-electron chi connectivity index (χ1n) is 8.90. The second kappa shape index (κ2) is 8.43. The van der Waals surface area contributed by atoms with E-state index < -0.39 is 5.92 Å². The van der Waals surface area contributed by atoms with E-state index >= 15 is 0 Å². The van der Waals surface area contributed by atoms with Crippen molar-refractivity contribution in [2.45, 2.75) is 19.8 Å². The van der Waals surface area contributed by atoms with Crippen LogP contribution in [0.25, 0.3) is 10.8 Å². The number of hydrogen-bond donors (Lipinski definition) is 0. The maximum atomic E-state index is 12.6. The van der Waals surface area contributed by atoms with E-state index in [2.05, 4.69) is 0 Å². The lowest BCUT2D eigenvalue weighted by Gasteiger charge is -2.16. The summed E-state index contributed by atoms with van der Waals surface area (Å²) in [6.45, 7) is 2.09. The van der Waals surface area contributed by atoms with Crippen LogP contribution in [-0.2, 0) is 16.0 Å². The van der Waals surface area contributed by atoms with Gasteiger partial charge in [-0.15, -0.1) is 0 Å². The van der Waals surface area contributed by atoms with Crippen molar-refractivity contribution in [2.24, 2.45) is 5.92 Å². The molecule has 3 nitrogen and oxygen atoms in total. The van der Waals surface area contributed by atoms with Crippen LogP contribution in [-0.4, -0.2) is 18.4 Å². The molecule has 26 heavy (non-hydrogen) atoms. The molecule has 0 spiro atoms. The summed E-state index contributed by atoms with van der Waals surface area (Å²) in [5.41, 5.74) is 1.68. The van der Waals surface area contributed by atoms with Gasteiger partial charge in [-0.1, -0.05) is 72.8 Å². The molecule has 0 saturated carbocycles. The molecule has 1 unspecified atom stereocenters. The average molecular weight is 346 g/mol. The van der Waals surface area contributed by atoms with Crippen LogP contribution >= 0.6 is 0 Å². The fourth-order valence-corrected chi connectivity index (χ4v) is 3.20. The highest BCUT2D eigenvalue weighted by Gasteiger charge is 2.24. The lowest BCUT2D eigenvalue weighted by molar-refractivity contribution is -0.147. The van der Waals surface area contributed by atoms with Crippen molar-refractivity contribution in [1.82, 2.24) is 0 Å². The van der Waals surface area contributed by atoms with Crippen LogP contribution in [0.4, 0.5) is 0 Å². The second-order valence-electron chi connectivity index (χ2n) is 6.28. The Hall–Kier alpha value is -2.94. The molecule has 0 aliphatic carbocycles. The zero-order valence-corrected chi connectivity index (χ0v) is 14.9. The molecule has 3 rings (SSSR count). The fourth-order valence-electron chi connectivity index (χ4n) is 3.20. The summed E-state index contributed by atoms with van der Waals surface area (Å²) in [7, 11) is 0. The standard InChI is InChI=1S/C23H22O3/c1-2-26-23(25)20(16-22(24)18-10-4-3-5-11-18)15-19-13-8-12-17-9-6-7-14-21(17)19/h3-14,20H,2,15-16H2,1H3. The third-order valence-corrected chi connectivity index (χ3v) is 4.49. The Labute approximate surface area is 153 Å². The van der Waals surface area contributed by atoms with Gasteiger partial charge in [-0.3, -0.25) is 9.59 Å². The van der Waals surface area contributed by atoms with Gasteiger partial charge in [0.25, 0.3) is 0 Å². The molecule has 0 aliphatic heterocycles. The van der Waals surface area contributed by atoms with Crippen LogP contribution in [0.3, 0.4) is 0 Å². The van der Waals surface area contributed by atoms with Gasteiger partial charge in [-0.25, -0.2) is 0 Å². The predicted molar refractivity (Wildman–Crippen MR) is 103 cm³/mol. The Bertz CT molecular complexity index is 894. The van der Waals surface area contributed by atoms with E-state index in [0.29, 0.717) is 18.6 Å². The van der Waals surface area contributed by atoms with Crippen molar-refractivity contribution in [3.8, 4) is 0 Å². The van der Waals surface area contributed by atoms with E-state index in [1.165, 1.54) is 0 Å². The molecule has 0 amide bonds. The van der Waals surface area contributed by atoms with E-state index in [1.807, 2.05) is 60.7 Å². The summed E-state index contributed by atoms with van der Waals surface area (Å²) < 4.78 is 5.23. The molecule has 0 heterocycles. The number of ketones is 1. The van der Waals surface area contributed by atoms with E-state index in [1.54, 1.807) is 19.1 Å². The lowest BCUT2D eigenvalue weighted by atomic mass is 9.90. The van der Waals surface area contributed by atoms with Crippen LogP contribution in [0.15, 0.2) is 72.8 Å². The minimum atomic E-state index is -0.492. The zero-order valence-electron chi connectivity index (χ0n) is 14.9. The molecule has 0 aromatic heterocycles. The third-order valence-electron chi connectivity index (χ3n) is 4.49. The van der Waals surface area contributed by atoms with Crippen molar-refractivity contribution in [1.29, 1.82) is 0 Å². The van der Waals surface area contributed by atoms with Crippen LogP contribution in [0, 0.1) is 5.92 Å². The summed E-state index contributed by atoms with van der Waals surface area (Å²) in [6, 6.07) is 23.2. The van der Waals surface area contributed by atoms with E-state index in [0.717, 1.165) is 16.3 Å². The fraction of sp³-hybridized carbons (Fsp3) is 0.217. The van der Waals surface area contributed by atoms with Crippen molar-refractivity contribution in [2.75, 3.05) is 6.61 Å². The predicted octanol–water partition coefficient (Wildman–Crippen LogP) is 4.83. The van der Waals surface area contributed by atoms with E-state index in [4.69, 9.17) is 4.74 Å². The van der Waals surface area contributed by atoms with Crippen molar-refractivity contribution < 1.29 is 14.3 Å². The van der Waals surface area contributed by atoms with Gasteiger partial charge in [-0.05, 0) is 29.7 Å². The smallest absolute Gasteiger partial charge is 0.309 e. The van der Waals surface area contributed by atoms with Crippen LogP contribution in [0.1, 0.15) is 29.3 Å². The zero-order chi connectivity index (χ0) is 18.4. The lowest BCUT2D eigenvalue weighted by Crippen LogP contribution is -2.23. The largest absolute Gasteiger partial charge is 0.466 e. The highest BCUT2D eigenvalue weighted by Crippen LogP contribution is 2.24. The van der Waals surface area contributed by atoms with Gasteiger partial charge in [0, 0.05) is 12.0 Å². The molecular weight excluding hydrogens is 324 g/mol. The molecule has 3 aromatic carbocycles. The Morgan fingerprint density at radius 2 is 1.58 bits per heavy atom. The number of rotatable bonds is 7. The quantitative estimate of drug-likeness (QED) is 0.454. The van der Waals surface area contributed by atoms with E-state index in [-0.39, 0.29) is 18.2 Å². The number of ether oxygens (including phenoxy) is 1. The SMILES string of the molecule is CCOC(=O)C(CC(=O)c1ccccc1)Cc1cccc2ccccc12. The monoisotopic (exact) mass is 346 g/mol. The normalized spacial score (nSPS) is 11.9. The Kier molecular flexibility index (Phi) is 5.80. The molecular formula is C23H22O3. The molecule has 3 aromatic rings. The maximum absolute atomic E-state index is 12.6. The highest BCUT2D eigenvalue weighted by molar-refractivity contribution is 5.98. The first kappa shape index (κ1) is 17.9. The molecule has 0 bridgehead atoms. The first-order valence-corrected chi connectivity index (χ1v) is 8.90. The Balaban J connectivity index is 1.86. The van der Waals surface area contributed by atoms with Gasteiger partial charge in [-0.2, -0.15) is 0 Å². The first-order chi connectivity index (χ1) is 12.7. The number of hydrogen-bond acceptors (Lipinski definition) is 3. The van der Waals surface area contributed by atoms with Gasteiger partial charge >= 0.3 is 5.97 Å². The van der Waals surface area contributed by atoms with Crippen LogP contribution in [0.5, 0.6) is 0 Å².